The van der Waals surface area contributed by atoms with Crippen molar-refractivity contribution in [3.05, 3.63) is 95.6 Å². The number of amides is 1. The second-order valence-electron chi connectivity index (χ2n) is 7.40. The predicted molar refractivity (Wildman–Crippen MR) is 114 cm³/mol. The number of carbonyl (C=O) groups is 2. The van der Waals surface area contributed by atoms with Gasteiger partial charge >= 0.3 is 12.1 Å². The van der Waals surface area contributed by atoms with Crippen molar-refractivity contribution in [1.29, 1.82) is 0 Å². The first-order chi connectivity index (χ1) is 14.6. The minimum absolute atomic E-state index is 0.176. The summed E-state index contributed by atoms with van der Waals surface area (Å²) in [6.07, 6.45) is -0.290. The lowest BCUT2D eigenvalue weighted by Gasteiger charge is -2.36. The molecule has 5 heteroatoms. The third-order valence-electron chi connectivity index (χ3n) is 5.58. The predicted octanol–water partition coefficient (Wildman–Crippen LogP) is 4.91. The molecule has 3 aromatic carbocycles. The SMILES string of the molecule is COC(=O)N(C1c2ccccc2-c2ccccc21)[C@H](CC(=O)O)Cc1ccccc1. The van der Waals surface area contributed by atoms with Crippen LogP contribution >= 0.6 is 0 Å². The topological polar surface area (TPSA) is 66.8 Å². The van der Waals surface area contributed by atoms with Crippen LogP contribution in [0.1, 0.15) is 29.2 Å². The number of carboxylic acid groups (broad SMARTS) is 1. The van der Waals surface area contributed by atoms with Crippen molar-refractivity contribution in [3.63, 3.8) is 0 Å². The Morgan fingerprint density at radius 3 is 1.97 bits per heavy atom. The van der Waals surface area contributed by atoms with E-state index in [0.29, 0.717) is 6.42 Å². The molecule has 0 saturated heterocycles. The van der Waals surface area contributed by atoms with Crippen LogP contribution in [0.25, 0.3) is 11.1 Å². The van der Waals surface area contributed by atoms with Crippen LogP contribution in [0.5, 0.6) is 0 Å². The molecule has 0 radical (unpaired) electrons. The number of hydrogen-bond donors (Lipinski definition) is 1. The minimum Gasteiger partial charge on any atom is -0.481 e. The largest absolute Gasteiger partial charge is 0.481 e. The molecule has 1 aliphatic rings. The fourth-order valence-electron chi connectivity index (χ4n) is 4.36. The average Bonchev–Trinajstić information content (AvgIpc) is 3.09. The number of ether oxygens (including phenoxy) is 1. The van der Waals surface area contributed by atoms with Gasteiger partial charge in [0, 0.05) is 0 Å². The molecule has 0 fully saturated rings. The van der Waals surface area contributed by atoms with Crippen LogP contribution in [0.15, 0.2) is 78.9 Å². The molecule has 4 rings (SSSR count). The van der Waals surface area contributed by atoms with Crippen molar-refractivity contribution >= 4 is 12.1 Å². The van der Waals surface area contributed by atoms with Gasteiger partial charge in [-0.3, -0.25) is 9.69 Å². The molecule has 5 nitrogen and oxygen atoms in total. The molecule has 30 heavy (non-hydrogen) atoms. The molecule has 1 atom stereocenters. The van der Waals surface area contributed by atoms with Gasteiger partial charge in [-0.15, -0.1) is 0 Å². The Morgan fingerprint density at radius 2 is 1.43 bits per heavy atom. The van der Waals surface area contributed by atoms with Gasteiger partial charge in [-0.1, -0.05) is 78.9 Å². The molecular weight excluding hydrogens is 378 g/mol. The number of methoxy groups -OCH3 is 1. The number of carbonyl (C=O) groups excluding carboxylic acids is 1. The highest BCUT2D eigenvalue weighted by Crippen LogP contribution is 2.47. The summed E-state index contributed by atoms with van der Waals surface area (Å²) in [7, 11) is 1.34. The summed E-state index contributed by atoms with van der Waals surface area (Å²) >= 11 is 0. The van der Waals surface area contributed by atoms with E-state index in [1.54, 1.807) is 4.90 Å². The van der Waals surface area contributed by atoms with E-state index in [-0.39, 0.29) is 6.42 Å². The maximum absolute atomic E-state index is 13.0. The number of aliphatic carboxylic acids is 1. The highest BCUT2D eigenvalue weighted by Gasteiger charge is 2.40. The normalized spacial score (nSPS) is 13.2. The van der Waals surface area contributed by atoms with E-state index in [4.69, 9.17) is 4.74 Å². The van der Waals surface area contributed by atoms with Gasteiger partial charge in [-0.2, -0.15) is 0 Å². The lowest BCUT2D eigenvalue weighted by atomic mass is 9.96. The van der Waals surface area contributed by atoms with Crippen molar-refractivity contribution in [2.75, 3.05) is 7.11 Å². The zero-order chi connectivity index (χ0) is 21.1. The van der Waals surface area contributed by atoms with E-state index in [1.165, 1.54) is 7.11 Å². The summed E-state index contributed by atoms with van der Waals surface area (Å²) < 4.78 is 5.15. The Labute approximate surface area is 175 Å². The van der Waals surface area contributed by atoms with Crippen LogP contribution in [-0.4, -0.2) is 35.2 Å². The smallest absolute Gasteiger partial charge is 0.410 e. The first kappa shape index (κ1) is 19.7. The quantitative estimate of drug-likeness (QED) is 0.637. The van der Waals surface area contributed by atoms with E-state index in [0.717, 1.165) is 27.8 Å². The molecule has 0 aromatic heterocycles. The van der Waals surface area contributed by atoms with Gasteiger partial charge in [0.1, 0.15) is 0 Å². The highest BCUT2D eigenvalue weighted by atomic mass is 16.5. The molecular formula is C25H23NO4. The lowest BCUT2D eigenvalue weighted by Crippen LogP contribution is -2.45. The summed E-state index contributed by atoms with van der Waals surface area (Å²) in [4.78, 5) is 26.4. The number of benzene rings is 3. The van der Waals surface area contributed by atoms with Gasteiger partial charge in [-0.25, -0.2) is 4.79 Å². The molecule has 1 amide bonds. The fraction of sp³-hybridized carbons (Fsp3) is 0.200. The zero-order valence-corrected chi connectivity index (χ0v) is 16.7. The van der Waals surface area contributed by atoms with Crippen LogP contribution in [0.2, 0.25) is 0 Å². The van der Waals surface area contributed by atoms with Crippen LogP contribution in [0.4, 0.5) is 4.79 Å². The molecule has 152 valence electrons. The van der Waals surface area contributed by atoms with E-state index in [2.05, 4.69) is 0 Å². The van der Waals surface area contributed by atoms with Crippen molar-refractivity contribution < 1.29 is 19.4 Å². The van der Waals surface area contributed by atoms with Gasteiger partial charge < -0.3 is 9.84 Å². The zero-order valence-electron chi connectivity index (χ0n) is 16.7. The molecule has 0 saturated carbocycles. The molecule has 0 aliphatic heterocycles. The number of nitrogens with zero attached hydrogens (tertiary/aromatic N) is 1. The molecule has 1 aliphatic carbocycles. The van der Waals surface area contributed by atoms with Gasteiger partial charge in [0.25, 0.3) is 0 Å². The molecule has 1 N–H and O–H groups in total. The summed E-state index contributed by atoms with van der Waals surface area (Å²) in [6, 6.07) is 24.5. The van der Waals surface area contributed by atoms with Gasteiger partial charge in [0.2, 0.25) is 0 Å². The van der Waals surface area contributed by atoms with Crippen LogP contribution < -0.4 is 0 Å². The Hall–Kier alpha value is -3.60. The summed E-state index contributed by atoms with van der Waals surface area (Å²) in [5, 5.41) is 9.62. The Balaban J connectivity index is 1.83. The van der Waals surface area contributed by atoms with E-state index in [9.17, 15) is 14.7 Å². The number of rotatable bonds is 6. The standard InChI is InChI=1S/C25H23NO4/c1-30-25(29)26(18(16-23(27)28)15-17-9-3-2-4-10-17)24-21-13-7-5-11-19(21)20-12-6-8-14-22(20)24/h2-14,18,24H,15-16H2,1H3,(H,27,28)/t18-/m0/s1. The van der Waals surface area contributed by atoms with Crippen molar-refractivity contribution in [2.24, 2.45) is 0 Å². The first-order valence-electron chi connectivity index (χ1n) is 9.90. The van der Waals surface area contributed by atoms with Crippen molar-refractivity contribution in [3.8, 4) is 11.1 Å². The summed E-state index contributed by atoms with van der Waals surface area (Å²) in [6.45, 7) is 0. The van der Waals surface area contributed by atoms with Crippen LogP contribution in [-0.2, 0) is 16.0 Å². The second kappa shape index (κ2) is 8.41. The maximum Gasteiger partial charge on any atom is 0.410 e. The lowest BCUT2D eigenvalue weighted by molar-refractivity contribution is -0.138. The minimum atomic E-state index is -0.954. The van der Waals surface area contributed by atoms with Crippen molar-refractivity contribution in [1.82, 2.24) is 4.90 Å². The Morgan fingerprint density at radius 1 is 0.900 bits per heavy atom. The number of hydrogen-bond acceptors (Lipinski definition) is 3. The van der Waals surface area contributed by atoms with Crippen LogP contribution in [0, 0.1) is 0 Å². The Bertz CT molecular complexity index is 1020. The molecule has 0 unspecified atom stereocenters. The summed E-state index contributed by atoms with van der Waals surface area (Å²) in [5.41, 5.74) is 5.04. The second-order valence-corrected chi connectivity index (χ2v) is 7.40. The van der Waals surface area contributed by atoms with Gasteiger partial charge in [0.05, 0.1) is 25.6 Å². The van der Waals surface area contributed by atoms with E-state index in [1.807, 2.05) is 78.9 Å². The average molecular weight is 401 g/mol. The molecule has 0 bridgehead atoms. The molecule has 0 heterocycles. The monoisotopic (exact) mass is 401 g/mol. The third kappa shape index (κ3) is 3.66. The molecule has 0 spiro atoms. The third-order valence-corrected chi connectivity index (χ3v) is 5.58. The number of fused-ring (bicyclic) bond motifs is 3. The maximum atomic E-state index is 13.0. The van der Waals surface area contributed by atoms with Crippen LogP contribution in [0.3, 0.4) is 0 Å². The van der Waals surface area contributed by atoms with Gasteiger partial charge in [-0.05, 0) is 34.2 Å². The first-order valence-corrected chi connectivity index (χ1v) is 9.90. The summed E-state index contributed by atoms with van der Waals surface area (Å²) in [5.74, 6) is -0.954. The number of carboxylic acids is 1. The molecule has 3 aromatic rings. The van der Waals surface area contributed by atoms with E-state index < -0.39 is 24.1 Å². The van der Waals surface area contributed by atoms with E-state index >= 15 is 0 Å². The van der Waals surface area contributed by atoms with Crippen molar-refractivity contribution in [2.45, 2.75) is 24.9 Å². The fourth-order valence-corrected chi connectivity index (χ4v) is 4.36. The Kier molecular flexibility index (Phi) is 5.53. The van der Waals surface area contributed by atoms with Gasteiger partial charge in [0.15, 0.2) is 0 Å². The highest BCUT2D eigenvalue weighted by molar-refractivity contribution is 5.81.